The molecule has 5 atom stereocenters. The third-order valence-corrected chi connectivity index (χ3v) is 10.1. The van der Waals surface area contributed by atoms with Crippen molar-refractivity contribution in [1.29, 1.82) is 0 Å². The van der Waals surface area contributed by atoms with E-state index in [9.17, 15) is 19.2 Å². The Balaban J connectivity index is 1.40. The summed E-state index contributed by atoms with van der Waals surface area (Å²) in [6, 6.07) is 33.3. The average Bonchev–Trinajstić information content (AvgIpc) is 3.26. The molecule has 1 aliphatic heterocycles. The number of carbonyl (C=O) groups excluding carboxylic acids is 4. The van der Waals surface area contributed by atoms with Gasteiger partial charge in [-0.25, -0.2) is 19.2 Å². The molecule has 0 unspecified atom stereocenters. The summed E-state index contributed by atoms with van der Waals surface area (Å²) in [5.74, 6) is -2.88. The normalized spacial score (nSPS) is 18.9. The van der Waals surface area contributed by atoms with Crippen molar-refractivity contribution < 1.29 is 47.6 Å². The summed E-state index contributed by atoms with van der Waals surface area (Å²) in [4.78, 5) is 54.3. The van der Waals surface area contributed by atoms with E-state index in [0.717, 1.165) is 24.6 Å². The van der Waals surface area contributed by atoms with Crippen molar-refractivity contribution in [3.63, 3.8) is 0 Å². The van der Waals surface area contributed by atoms with E-state index in [2.05, 4.69) is 15.9 Å². The Morgan fingerprint density at radius 2 is 0.825 bits per heavy atom. The molecule has 0 N–H and O–H groups in total. The Morgan fingerprint density at radius 1 is 0.456 bits per heavy atom. The van der Waals surface area contributed by atoms with E-state index < -0.39 is 61.2 Å². The Hall–Kier alpha value is -4.84. The van der Waals surface area contributed by atoms with Crippen LogP contribution in [0.1, 0.15) is 106 Å². The highest BCUT2D eigenvalue weighted by atomic mass is 79.9. The van der Waals surface area contributed by atoms with Gasteiger partial charge in [-0.15, -0.1) is 0 Å². The lowest BCUT2D eigenvalue weighted by Gasteiger charge is -2.44. The zero-order valence-electron chi connectivity index (χ0n) is 32.1. The topological polar surface area (TPSA) is 124 Å². The van der Waals surface area contributed by atoms with E-state index in [0.29, 0.717) is 12.0 Å². The summed E-state index contributed by atoms with van der Waals surface area (Å²) in [5.41, 5.74) is 0.977. The molecule has 1 fully saturated rings. The first-order valence-corrected chi connectivity index (χ1v) is 20.9. The number of hydrogen-bond acceptors (Lipinski definition) is 10. The van der Waals surface area contributed by atoms with Crippen LogP contribution in [0.2, 0.25) is 0 Å². The molecule has 5 rings (SSSR count). The minimum Gasteiger partial charge on any atom is -0.459 e. The number of esters is 4. The summed E-state index contributed by atoms with van der Waals surface area (Å²) < 4.78 is 36.8. The van der Waals surface area contributed by atoms with Crippen LogP contribution in [0, 0.1) is 0 Å². The van der Waals surface area contributed by atoms with Gasteiger partial charge in [0, 0.05) is 11.9 Å². The molecule has 0 radical (unpaired) electrons. The molecule has 302 valence electrons. The van der Waals surface area contributed by atoms with Gasteiger partial charge < -0.3 is 28.4 Å². The van der Waals surface area contributed by atoms with Gasteiger partial charge in [0.15, 0.2) is 24.6 Å². The van der Waals surface area contributed by atoms with Crippen molar-refractivity contribution in [2.75, 3.05) is 18.5 Å². The number of halogens is 1. The first-order chi connectivity index (χ1) is 27.9. The lowest BCUT2D eigenvalue weighted by atomic mass is 9.97. The third-order valence-electron chi connectivity index (χ3n) is 9.55. The summed E-state index contributed by atoms with van der Waals surface area (Å²) in [6.45, 7) is -0.171. The van der Waals surface area contributed by atoms with Crippen LogP contribution in [0.3, 0.4) is 0 Å². The predicted molar refractivity (Wildman–Crippen MR) is 218 cm³/mol. The Bertz CT molecular complexity index is 1790. The monoisotopic (exact) mass is 842 g/mol. The SMILES string of the molecule is O=C(OC[C@H]1O[C@H](OCCCCCCCCCCCCBr)[C@H](OC(=O)c2ccccc2)[C@@H](OC(=O)c2ccccc2)[C@@H]1OC(=O)c1ccccc1)c1ccccc1. The molecular weight excluding hydrogens is 792 g/mol. The second kappa shape index (κ2) is 24.0. The standard InChI is InChI=1S/C46H51BrO10/c47-31-21-7-5-3-1-2-4-6-8-22-32-52-46-41(57-45(51)37-29-19-12-20-30-37)40(56-44(50)36-27-17-11-18-28-36)39(55-43(49)35-25-15-10-16-26-35)38(54-46)33-53-42(48)34-23-13-9-14-24-34/h9-20,23-30,38-41,46H,1-8,21-22,31-33H2/t38-,39-,40+,41-,46+/m1/s1. The lowest BCUT2D eigenvalue weighted by Crippen LogP contribution is -2.63. The molecule has 11 heteroatoms. The summed E-state index contributed by atoms with van der Waals surface area (Å²) in [7, 11) is 0. The second-order valence-corrected chi connectivity index (χ2v) is 14.6. The highest BCUT2D eigenvalue weighted by Gasteiger charge is 2.53. The fourth-order valence-corrected chi connectivity index (χ4v) is 6.87. The largest absolute Gasteiger partial charge is 0.459 e. The number of unbranched alkanes of at least 4 members (excludes halogenated alkanes) is 9. The van der Waals surface area contributed by atoms with Gasteiger partial charge in [0.25, 0.3) is 0 Å². The molecule has 10 nitrogen and oxygen atoms in total. The second-order valence-electron chi connectivity index (χ2n) is 13.8. The first-order valence-electron chi connectivity index (χ1n) is 19.8. The van der Waals surface area contributed by atoms with E-state index in [1.165, 1.54) is 38.5 Å². The van der Waals surface area contributed by atoms with Crippen LogP contribution in [-0.4, -0.2) is 73.1 Å². The van der Waals surface area contributed by atoms with Crippen molar-refractivity contribution in [1.82, 2.24) is 0 Å². The van der Waals surface area contributed by atoms with Crippen molar-refractivity contribution in [2.24, 2.45) is 0 Å². The predicted octanol–water partition coefficient (Wildman–Crippen LogP) is 9.56. The van der Waals surface area contributed by atoms with Crippen LogP contribution in [0.5, 0.6) is 0 Å². The lowest BCUT2D eigenvalue weighted by molar-refractivity contribution is -0.298. The molecule has 0 spiro atoms. The molecular formula is C46H51BrO10. The average molecular weight is 844 g/mol. The highest BCUT2D eigenvalue weighted by molar-refractivity contribution is 9.09. The molecule has 1 saturated heterocycles. The highest BCUT2D eigenvalue weighted by Crippen LogP contribution is 2.32. The van der Waals surface area contributed by atoms with Crippen LogP contribution in [-0.2, 0) is 28.4 Å². The Labute approximate surface area is 343 Å². The maximum Gasteiger partial charge on any atom is 0.338 e. The van der Waals surface area contributed by atoms with Crippen LogP contribution in [0.4, 0.5) is 0 Å². The number of alkyl halides is 1. The molecule has 0 aromatic heterocycles. The fourth-order valence-electron chi connectivity index (χ4n) is 6.47. The molecule has 57 heavy (non-hydrogen) atoms. The Morgan fingerprint density at radius 3 is 1.26 bits per heavy atom. The van der Waals surface area contributed by atoms with Gasteiger partial charge in [0.05, 0.1) is 22.3 Å². The van der Waals surface area contributed by atoms with Crippen LogP contribution < -0.4 is 0 Å². The molecule has 1 aliphatic rings. The van der Waals surface area contributed by atoms with Gasteiger partial charge in [-0.05, 0) is 61.4 Å². The zero-order valence-corrected chi connectivity index (χ0v) is 33.7. The summed E-state index contributed by atoms with van der Waals surface area (Å²) in [5, 5.41) is 1.06. The number of ether oxygens (including phenoxy) is 6. The number of carbonyl (C=O) groups is 4. The minimum absolute atomic E-state index is 0.216. The summed E-state index contributed by atoms with van der Waals surface area (Å²) in [6.07, 6.45) is 4.38. The van der Waals surface area contributed by atoms with Crippen LogP contribution in [0.25, 0.3) is 0 Å². The van der Waals surface area contributed by atoms with E-state index in [4.69, 9.17) is 28.4 Å². The van der Waals surface area contributed by atoms with Crippen molar-refractivity contribution in [2.45, 2.75) is 94.9 Å². The van der Waals surface area contributed by atoms with Crippen molar-refractivity contribution in [3.05, 3.63) is 144 Å². The first kappa shape index (κ1) is 43.3. The van der Waals surface area contributed by atoms with Gasteiger partial charge in [0.2, 0.25) is 0 Å². The van der Waals surface area contributed by atoms with E-state index in [1.54, 1.807) is 121 Å². The molecule has 4 aromatic carbocycles. The van der Waals surface area contributed by atoms with Gasteiger partial charge >= 0.3 is 23.9 Å². The third kappa shape index (κ3) is 13.9. The van der Waals surface area contributed by atoms with Gasteiger partial charge in [-0.2, -0.15) is 0 Å². The van der Waals surface area contributed by atoms with Gasteiger partial charge in [0.1, 0.15) is 12.7 Å². The smallest absolute Gasteiger partial charge is 0.338 e. The van der Waals surface area contributed by atoms with E-state index >= 15 is 0 Å². The number of rotatable bonds is 22. The molecule has 4 aromatic rings. The minimum atomic E-state index is -1.45. The van der Waals surface area contributed by atoms with Gasteiger partial charge in [-0.3, -0.25) is 0 Å². The zero-order chi connectivity index (χ0) is 40.1. The quantitative estimate of drug-likeness (QED) is 0.0327. The van der Waals surface area contributed by atoms with E-state index in [-0.39, 0.29) is 23.3 Å². The molecule has 0 aliphatic carbocycles. The van der Waals surface area contributed by atoms with Crippen molar-refractivity contribution in [3.8, 4) is 0 Å². The number of hydrogen-bond donors (Lipinski definition) is 0. The summed E-state index contributed by atoms with van der Waals surface area (Å²) >= 11 is 3.49. The van der Waals surface area contributed by atoms with Crippen LogP contribution >= 0.6 is 15.9 Å². The van der Waals surface area contributed by atoms with Crippen molar-refractivity contribution >= 4 is 39.8 Å². The Kier molecular flexibility index (Phi) is 18.3. The number of benzene rings is 4. The molecule has 0 amide bonds. The van der Waals surface area contributed by atoms with Gasteiger partial charge in [-0.1, -0.05) is 140 Å². The molecule has 1 heterocycles. The fraction of sp³-hybridized carbons (Fsp3) is 0.391. The van der Waals surface area contributed by atoms with Crippen LogP contribution in [0.15, 0.2) is 121 Å². The maximum atomic E-state index is 13.8. The van der Waals surface area contributed by atoms with E-state index in [1.807, 2.05) is 0 Å². The molecule has 0 bridgehead atoms. The molecule has 0 saturated carbocycles. The maximum absolute atomic E-state index is 13.8.